The molecule has 54 valence electrons. The van der Waals surface area contributed by atoms with Gasteiger partial charge in [0.25, 0.3) is 0 Å². The Morgan fingerprint density at radius 2 is 1.89 bits per heavy atom. The van der Waals surface area contributed by atoms with Gasteiger partial charge in [0, 0.05) is 16.6 Å². The zero-order valence-electron chi connectivity index (χ0n) is 6.14. The summed E-state index contributed by atoms with van der Waals surface area (Å²) in [6, 6.07) is 0. The average molecular weight is 162 g/mol. The number of rotatable bonds is 1. The lowest BCUT2D eigenvalue weighted by Crippen LogP contribution is -2.24. The van der Waals surface area contributed by atoms with Gasteiger partial charge in [-0.15, -0.1) is 0 Å². The van der Waals surface area contributed by atoms with E-state index < -0.39 is 0 Å². The molecule has 0 atom stereocenters. The van der Waals surface area contributed by atoms with Crippen molar-refractivity contribution < 1.29 is 0 Å². The first-order valence-electron chi connectivity index (χ1n) is 3.42. The van der Waals surface area contributed by atoms with Gasteiger partial charge in [0.2, 0.25) is 0 Å². The Morgan fingerprint density at radius 3 is 2.22 bits per heavy atom. The van der Waals surface area contributed by atoms with Crippen LogP contribution in [0.15, 0.2) is 0 Å². The summed E-state index contributed by atoms with van der Waals surface area (Å²) in [6.45, 7) is 4.69. The highest BCUT2D eigenvalue weighted by molar-refractivity contribution is 8.16. The highest BCUT2D eigenvalue weighted by atomic mass is 32.2. The van der Waals surface area contributed by atoms with Crippen LogP contribution in [-0.4, -0.2) is 16.6 Å². The Balaban J connectivity index is 2.37. The van der Waals surface area contributed by atoms with E-state index in [-0.39, 0.29) is 0 Å². The lowest BCUT2D eigenvalue weighted by atomic mass is 9.93. The first-order chi connectivity index (χ1) is 4.27. The number of thioether (sulfide) groups is 2. The predicted molar refractivity (Wildman–Crippen MR) is 48.2 cm³/mol. The molecule has 0 unspecified atom stereocenters. The van der Waals surface area contributed by atoms with E-state index in [9.17, 15) is 0 Å². The van der Waals surface area contributed by atoms with Crippen LogP contribution in [0.2, 0.25) is 0 Å². The SMILES string of the molecule is CCC1(C)CSCSC1. The molecular weight excluding hydrogens is 148 g/mol. The van der Waals surface area contributed by atoms with E-state index in [0.717, 1.165) is 0 Å². The molecule has 9 heavy (non-hydrogen) atoms. The van der Waals surface area contributed by atoms with Gasteiger partial charge in [0.15, 0.2) is 0 Å². The van der Waals surface area contributed by atoms with E-state index in [4.69, 9.17) is 0 Å². The van der Waals surface area contributed by atoms with Crippen molar-refractivity contribution in [3.8, 4) is 0 Å². The standard InChI is InChI=1S/C7H14S2/c1-3-7(2)4-8-6-9-5-7/h3-6H2,1-2H3. The largest absolute Gasteiger partial charge is 0.150 e. The first kappa shape index (κ1) is 7.80. The molecule has 1 aliphatic heterocycles. The molecule has 0 aromatic carbocycles. The summed E-state index contributed by atoms with van der Waals surface area (Å²) in [6.07, 6.45) is 1.34. The fraction of sp³-hybridized carbons (Fsp3) is 1.00. The van der Waals surface area contributed by atoms with E-state index in [1.807, 2.05) is 0 Å². The maximum Gasteiger partial charge on any atom is 0.0392 e. The minimum Gasteiger partial charge on any atom is -0.150 e. The maximum atomic E-state index is 2.40. The molecule has 1 aliphatic rings. The summed E-state index contributed by atoms with van der Waals surface area (Å²) in [5.41, 5.74) is 0.646. The maximum absolute atomic E-state index is 2.40. The van der Waals surface area contributed by atoms with Crippen molar-refractivity contribution in [3.05, 3.63) is 0 Å². The van der Waals surface area contributed by atoms with Crippen LogP contribution in [0.25, 0.3) is 0 Å². The third-order valence-electron chi connectivity index (χ3n) is 1.92. The van der Waals surface area contributed by atoms with Gasteiger partial charge in [-0.1, -0.05) is 13.8 Å². The molecule has 0 aromatic rings. The van der Waals surface area contributed by atoms with Gasteiger partial charge in [0.1, 0.15) is 0 Å². The molecule has 1 rings (SSSR count). The normalized spacial score (nSPS) is 26.0. The minimum atomic E-state index is 0.646. The zero-order chi connectivity index (χ0) is 6.74. The molecule has 0 spiro atoms. The monoisotopic (exact) mass is 162 g/mol. The van der Waals surface area contributed by atoms with Gasteiger partial charge in [-0.25, -0.2) is 0 Å². The van der Waals surface area contributed by atoms with Gasteiger partial charge in [0.05, 0.1) is 0 Å². The highest BCUT2D eigenvalue weighted by Gasteiger charge is 2.24. The van der Waals surface area contributed by atoms with Gasteiger partial charge >= 0.3 is 0 Å². The van der Waals surface area contributed by atoms with Crippen molar-refractivity contribution in [1.29, 1.82) is 0 Å². The summed E-state index contributed by atoms with van der Waals surface area (Å²) in [4.78, 5) is 0. The Labute approximate surface area is 66.2 Å². The summed E-state index contributed by atoms with van der Waals surface area (Å²) < 4.78 is 0. The highest BCUT2D eigenvalue weighted by Crippen LogP contribution is 2.37. The van der Waals surface area contributed by atoms with Crippen LogP contribution in [0.4, 0.5) is 0 Å². The second-order valence-corrected chi connectivity index (χ2v) is 5.32. The second-order valence-electron chi connectivity index (χ2n) is 2.98. The predicted octanol–water partition coefficient (Wildman–Crippen LogP) is 2.84. The van der Waals surface area contributed by atoms with Crippen molar-refractivity contribution >= 4 is 23.5 Å². The van der Waals surface area contributed by atoms with E-state index in [1.54, 1.807) is 0 Å². The van der Waals surface area contributed by atoms with Gasteiger partial charge in [-0.2, -0.15) is 23.5 Å². The second kappa shape index (κ2) is 3.20. The van der Waals surface area contributed by atoms with Gasteiger partial charge < -0.3 is 0 Å². The Bertz CT molecular complexity index is 84.9. The van der Waals surface area contributed by atoms with Crippen LogP contribution in [0, 0.1) is 5.41 Å². The lowest BCUT2D eigenvalue weighted by Gasteiger charge is -2.31. The summed E-state index contributed by atoms with van der Waals surface area (Å²) in [7, 11) is 0. The molecular formula is C7H14S2. The van der Waals surface area contributed by atoms with Crippen molar-refractivity contribution in [1.82, 2.24) is 0 Å². The lowest BCUT2D eigenvalue weighted by molar-refractivity contribution is 0.416. The Kier molecular flexibility index (Phi) is 2.77. The van der Waals surface area contributed by atoms with Crippen molar-refractivity contribution in [2.45, 2.75) is 20.3 Å². The van der Waals surface area contributed by atoms with Gasteiger partial charge in [-0.3, -0.25) is 0 Å². The van der Waals surface area contributed by atoms with E-state index in [2.05, 4.69) is 37.4 Å². The van der Waals surface area contributed by atoms with Crippen LogP contribution in [0.3, 0.4) is 0 Å². The Hall–Kier alpha value is 0.700. The molecule has 0 N–H and O–H groups in total. The molecule has 0 aliphatic carbocycles. The summed E-state index contributed by atoms with van der Waals surface area (Å²) in [5, 5.41) is 1.32. The summed E-state index contributed by atoms with van der Waals surface area (Å²) in [5.74, 6) is 2.74. The van der Waals surface area contributed by atoms with Crippen molar-refractivity contribution in [2.75, 3.05) is 16.6 Å². The minimum absolute atomic E-state index is 0.646. The van der Waals surface area contributed by atoms with Gasteiger partial charge in [-0.05, 0) is 11.8 Å². The molecule has 1 heterocycles. The zero-order valence-corrected chi connectivity index (χ0v) is 7.78. The van der Waals surface area contributed by atoms with Crippen molar-refractivity contribution in [3.63, 3.8) is 0 Å². The number of hydrogen-bond acceptors (Lipinski definition) is 2. The Morgan fingerprint density at radius 1 is 1.33 bits per heavy atom. The molecule has 1 fully saturated rings. The topological polar surface area (TPSA) is 0 Å². The first-order valence-corrected chi connectivity index (χ1v) is 5.73. The van der Waals surface area contributed by atoms with Crippen LogP contribution in [0.1, 0.15) is 20.3 Å². The molecule has 2 heteroatoms. The fourth-order valence-electron chi connectivity index (χ4n) is 0.881. The third-order valence-corrected chi connectivity index (χ3v) is 5.06. The molecule has 0 saturated carbocycles. The molecule has 0 nitrogen and oxygen atoms in total. The molecule has 0 radical (unpaired) electrons. The molecule has 0 amide bonds. The smallest absolute Gasteiger partial charge is 0.0392 e. The van der Waals surface area contributed by atoms with Crippen molar-refractivity contribution in [2.24, 2.45) is 5.41 Å². The quantitative estimate of drug-likeness (QED) is 0.581. The molecule has 1 saturated heterocycles. The van der Waals surface area contributed by atoms with Crippen LogP contribution in [-0.2, 0) is 0 Å². The average Bonchev–Trinajstić information content (AvgIpc) is 1.90. The fourth-order valence-corrected chi connectivity index (χ4v) is 3.75. The van der Waals surface area contributed by atoms with Crippen LogP contribution < -0.4 is 0 Å². The third kappa shape index (κ3) is 2.08. The molecule has 0 aromatic heterocycles. The molecule has 0 bridgehead atoms. The van der Waals surface area contributed by atoms with E-state index in [1.165, 1.54) is 23.0 Å². The van der Waals surface area contributed by atoms with Crippen LogP contribution >= 0.6 is 23.5 Å². The van der Waals surface area contributed by atoms with E-state index in [0.29, 0.717) is 5.41 Å². The van der Waals surface area contributed by atoms with E-state index >= 15 is 0 Å². The number of hydrogen-bond donors (Lipinski definition) is 0. The summed E-state index contributed by atoms with van der Waals surface area (Å²) >= 11 is 4.18. The van der Waals surface area contributed by atoms with Crippen LogP contribution in [0.5, 0.6) is 0 Å².